The Bertz CT molecular complexity index is 823. The monoisotopic (exact) mass is 446 g/mol. The molecule has 0 radical (unpaired) electrons. The third-order valence-electron chi connectivity index (χ3n) is 4.40. The van der Waals surface area contributed by atoms with Gasteiger partial charge in [0, 0.05) is 17.8 Å². The molecule has 0 spiro atoms. The molecule has 0 aliphatic heterocycles. The number of rotatable bonds is 9. The Labute approximate surface area is 175 Å². The van der Waals surface area contributed by atoms with Crippen LogP contribution in [0.4, 0.5) is 11.4 Å². The maximum atomic E-state index is 12.2. The molecule has 150 valence electrons. The van der Waals surface area contributed by atoms with Gasteiger partial charge in [0.1, 0.15) is 5.75 Å². The lowest BCUT2D eigenvalue weighted by atomic mass is 9.99. The van der Waals surface area contributed by atoms with E-state index in [2.05, 4.69) is 40.4 Å². The summed E-state index contributed by atoms with van der Waals surface area (Å²) in [7, 11) is 0. The summed E-state index contributed by atoms with van der Waals surface area (Å²) in [6.45, 7) is 6.17. The van der Waals surface area contributed by atoms with Gasteiger partial charge in [-0.1, -0.05) is 32.9 Å². The fraction of sp³-hybridized carbons (Fsp3) is 0.364. The zero-order valence-electron chi connectivity index (χ0n) is 16.5. The summed E-state index contributed by atoms with van der Waals surface area (Å²) in [5.41, 5.74) is 2.49. The van der Waals surface area contributed by atoms with E-state index < -0.39 is 0 Å². The van der Waals surface area contributed by atoms with Crippen molar-refractivity contribution in [2.24, 2.45) is 0 Å². The van der Waals surface area contributed by atoms with Crippen LogP contribution in [0.25, 0.3) is 0 Å². The first-order chi connectivity index (χ1) is 13.4. The van der Waals surface area contributed by atoms with E-state index in [1.807, 2.05) is 25.1 Å². The van der Waals surface area contributed by atoms with Crippen LogP contribution in [-0.4, -0.2) is 18.4 Å². The molecule has 2 N–H and O–H groups in total. The molecule has 2 amide bonds. The van der Waals surface area contributed by atoms with Crippen molar-refractivity contribution in [3.8, 4) is 5.75 Å². The van der Waals surface area contributed by atoms with Crippen molar-refractivity contribution >= 4 is 39.1 Å². The van der Waals surface area contributed by atoms with E-state index in [0.29, 0.717) is 29.5 Å². The van der Waals surface area contributed by atoms with E-state index in [1.54, 1.807) is 24.3 Å². The number of benzene rings is 2. The summed E-state index contributed by atoms with van der Waals surface area (Å²) < 4.78 is 6.47. The van der Waals surface area contributed by atoms with Crippen molar-refractivity contribution in [3.05, 3.63) is 52.5 Å². The minimum Gasteiger partial charge on any atom is -0.483 e. The fourth-order valence-corrected chi connectivity index (χ4v) is 3.15. The lowest BCUT2D eigenvalue weighted by molar-refractivity contribution is -0.118. The highest BCUT2D eigenvalue weighted by Gasteiger charge is 2.10. The number of halogens is 1. The maximum absolute atomic E-state index is 12.2. The van der Waals surface area contributed by atoms with Gasteiger partial charge in [-0.3, -0.25) is 9.59 Å². The number of carbonyl (C=O) groups excluding carboxylic acids is 2. The summed E-state index contributed by atoms with van der Waals surface area (Å²) in [5.74, 6) is 0.788. The molecule has 0 aromatic heterocycles. The average Bonchev–Trinajstić information content (AvgIpc) is 2.66. The van der Waals surface area contributed by atoms with Crippen LogP contribution in [0.2, 0.25) is 0 Å². The van der Waals surface area contributed by atoms with Crippen molar-refractivity contribution < 1.29 is 14.3 Å². The molecule has 6 heteroatoms. The van der Waals surface area contributed by atoms with Crippen molar-refractivity contribution in [3.63, 3.8) is 0 Å². The third kappa shape index (κ3) is 6.68. The second-order valence-corrected chi connectivity index (χ2v) is 7.57. The van der Waals surface area contributed by atoms with Gasteiger partial charge in [0.05, 0.1) is 4.47 Å². The predicted octanol–water partition coefficient (Wildman–Crippen LogP) is 5.72. The minimum atomic E-state index is -0.269. The van der Waals surface area contributed by atoms with Gasteiger partial charge < -0.3 is 15.4 Å². The molecule has 1 atom stereocenters. The van der Waals surface area contributed by atoms with Gasteiger partial charge in [0.2, 0.25) is 5.91 Å². The molecule has 2 aromatic rings. The maximum Gasteiger partial charge on any atom is 0.262 e. The van der Waals surface area contributed by atoms with Crippen LogP contribution in [0.1, 0.15) is 51.5 Å². The number of amides is 2. The van der Waals surface area contributed by atoms with E-state index in [0.717, 1.165) is 17.3 Å². The first-order valence-corrected chi connectivity index (χ1v) is 10.3. The Morgan fingerprint density at radius 2 is 1.71 bits per heavy atom. The molecule has 0 aliphatic rings. The second-order valence-electron chi connectivity index (χ2n) is 6.71. The van der Waals surface area contributed by atoms with Crippen molar-refractivity contribution in [2.75, 3.05) is 17.2 Å². The number of anilines is 2. The van der Waals surface area contributed by atoms with Gasteiger partial charge in [0.15, 0.2) is 6.61 Å². The SMILES string of the molecule is CCCC(=O)Nc1cccc(NC(=O)COc2ccc(C(C)CC)cc2Br)c1. The highest BCUT2D eigenvalue weighted by Crippen LogP contribution is 2.30. The van der Waals surface area contributed by atoms with Crippen LogP contribution >= 0.6 is 15.9 Å². The minimum absolute atomic E-state index is 0.0417. The van der Waals surface area contributed by atoms with Gasteiger partial charge in [-0.05, 0) is 70.6 Å². The van der Waals surface area contributed by atoms with E-state index in [-0.39, 0.29) is 18.4 Å². The molecule has 1 unspecified atom stereocenters. The van der Waals surface area contributed by atoms with Crippen LogP contribution < -0.4 is 15.4 Å². The van der Waals surface area contributed by atoms with Gasteiger partial charge in [-0.25, -0.2) is 0 Å². The van der Waals surface area contributed by atoms with Gasteiger partial charge in [-0.15, -0.1) is 0 Å². The zero-order chi connectivity index (χ0) is 20.5. The molecule has 0 saturated heterocycles. The van der Waals surface area contributed by atoms with Crippen molar-refractivity contribution in [1.29, 1.82) is 0 Å². The first-order valence-electron chi connectivity index (χ1n) is 9.55. The molecule has 2 rings (SSSR count). The Hall–Kier alpha value is -2.34. The van der Waals surface area contributed by atoms with E-state index in [1.165, 1.54) is 5.56 Å². The molecular weight excluding hydrogens is 420 g/mol. The first kappa shape index (κ1) is 22.0. The van der Waals surface area contributed by atoms with Crippen molar-refractivity contribution in [2.45, 2.75) is 46.0 Å². The molecule has 0 saturated carbocycles. The smallest absolute Gasteiger partial charge is 0.262 e. The Morgan fingerprint density at radius 1 is 1.04 bits per heavy atom. The Morgan fingerprint density at radius 3 is 2.32 bits per heavy atom. The highest BCUT2D eigenvalue weighted by atomic mass is 79.9. The summed E-state index contributed by atoms with van der Waals surface area (Å²) in [6.07, 6.45) is 2.32. The molecule has 0 fully saturated rings. The summed E-state index contributed by atoms with van der Waals surface area (Å²) >= 11 is 3.51. The molecular formula is C22H27BrN2O3. The highest BCUT2D eigenvalue weighted by molar-refractivity contribution is 9.10. The average molecular weight is 447 g/mol. The molecule has 0 heterocycles. The number of ether oxygens (including phenoxy) is 1. The number of hydrogen-bond acceptors (Lipinski definition) is 3. The normalized spacial score (nSPS) is 11.6. The largest absolute Gasteiger partial charge is 0.483 e. The zero-order valence-corrected chi connectivity index (χ0v) is 18.1. The lowest BCUT2D eigenvalue weighted by Crippen LogP contribution is -2.20. The molecule has 0 bridgehead atoms. The second kappa shape index (κ2) is 10.9. The topological polar surface area (TPSA) is 67.4 Å². The summed E-state index contributed by atoms with van der Waals surface area (Å²) in [4.78, 5) is 23.9. The summed E-state index contributed by atoms with van der Waals surface area (Å²) in [5, 5.41) is 5.60. The Balaban J connectivity index is 1.91. The predicted molar refractivity (Wildman–Crippen MR) is 117 cm³/mol. The molecule has 0 aliphatic carbocycles. The van der Waals surface area contributed by atoms with Crippen molar-refractivity contribution in [1.82, 2.24) is 0 Å². The quantitative estimate of drug-likeness (QED) is 0.517. The molecule has 28 heavy (non-hydrogen) atoms. The lowest BCUT2D eigenvalue weighted by Gasteiger charge is -2.13. The van der Waals surface area contributed by atoms with Crippen LogP contribution in [0.15, 0.2) is 46.9 Å². The molecule has 5 nitrogen and oxygen atoms in total. The third-order valence-corrected chi connectivity index (χ3v) is 5.02. The van der Waals surface area contributed by atoms with Gasteiger partial charge in [0.25, 0.3) is 5.91 Å². The van der Waals surface area contributed by atoms with Crippen LogP contribution in [0, 0.1) is 0 Å². The van der Waals surface area contributed by atoms with Crippen LogP contribution in [-0.2, 0) is 9.59 Å². The van der Waals surface area contributed by atoms with E-state index in [9.17, 15) is 9.59 Å². The number of nitrogens with one attached hydrogen (secondary N) is 2. The molecule has 2 aromatic carbocycles. The number of hydrogen-bond donors (Lipinski definition) is 2. The van der Waals surface area contributed by atoms with E-state index in [4.69, 9.17) is 4.74 Å². The fourth-order valence-electron chi connectivity index (χ4n) is 2.64. The van der Waals surface area contributed by atoms with Gasteiger partial charge >= 0.3 is 0 Å². The summed E-state index contributed by atoms with van der Waals surface area (Å²) in [6, 6.07) is 13.0. The standard InChI is InChI=1S/C22H27BrN2O3/c1-4-7-21(26)24-17-8-6-9-18(13-17)25-22(27)14-28-20-11-10-16(12-19(20)23)15(3)5-2/h6,8-13,15H,4-5,7,14H2,1-3H3,(H,24,26)(H,25,27). The van der Waals surface area contributed by atoms with Crippen LogP contribution in [0.3, 0.4) is 0 Å². The van der Waals surface area contributed by atoms with E-state index >= 15 is 0 Å². The van der Waals surface area contributed by atoms with Gasteiger partial charge in [-0.2, -0.15) is 0 Å². The number of carbonyl (C=O) groups is 2. The van der Waals surface area contributed by atoms with Crippen LogP contribution in [0.5, 0.6) is 5.75 Å². The Kier molecular flexibility index (Phi) is 8.51.